The molecular weight excluding hydrogens is 366 g/mol. The lowest BCUT2D eigenvalue weighted by molar-refractivity contribution is -0.151. The molecule has 0 heterocycles. The SMILES string of the molecule is CSCC[C@@H](C(=O)N[C@@H](CCC(=O)C=[N+]=[N-])C(=O)OC(C)C)S(C)=O. The maximum atomic E-state index is 12.4. The molecule has 0 fully saturated rings. The number of nitrogens with one attached hydrogen (secondary N) is 1. The summed E-state index contributed by atoms with van der Waals surface area (Å²) in [4.78, 5) is 38.6. The third-order valence-electron chi connectivity index (χ3n) is 3.11. The molecule has 3 atom stereocenters. The van der Waals surface area contributed by atoms with Crippen molar-refractivity contribution in [2.75, 3.05) is 18.3 Å². The zero-order valence-corrected chi connectivity index (χ0v) is 16.5. The Morgan fingerprint density at radius 1 is 1.32 bits per heavy atom. The van der Waals surface area contributed by atoms with Gasteiger partial charge in [-0.05, 0) is 38.7 Å². The monoisotopic (exact) mass is 391 g/mol. The van der Waals surface area contributed by atoms with Crippen molar-refractivity contribution in [2.45, 2.75) is 50.5 Å². The molecule has 0 aromatic carbocycles. The van der Waals surface area contributed by atoms with Crippen LogP contribution in [0, 0.1) is 0 Å². The van der Waals surface area contributed by atoms with Crippen LogP contribution in [0.15, 0.2) is 0 Å². The van der Waals surface area contributed by atoms with Gasteiger partial charge < -0.3 is 15.6 Å². The number of ketones is 1. The third-order valence-corrected chi connectivity index (χ3v) is 5.01. The first-order valence-corrected chi connectivity index (χ1v) is 10.8. The van der Waals surface area contributed by atoms with Gasteiger partial charge in [-0.3, -0.25) is 13.8 Å². The average molecular weight is 392 g/mol. The van der Waals surface area contributed by atoms with Crippen LogP contribution in [0.1, 0.15) is 33.1 Å². The fourth-order valence-electron chi connectivity index (χ4n) is 1.92. The molecule has 0 spiro atoms. The van der Waals surface area contributed by atoms with Crippen molar-refractivity contribution < 1.29 is 28.1 Å². The second kappa shape index (κ2) is 12.8. The van der Waals surface area contributed by atoms with Crippen LogP contribution in [0.3, 0.4) is 0 Å². The fourth-order valence-corrected chi connectivity index (χ4v) is 3.36. The Morgan fingerprint density at radius 3 is 2.44 bits per heavy atom. The van der Waals surface area contributed by atoms with E-state index in [4.69, 9.17) is 10.3 Å². The van der Waals surface area contributed by atoms with Gasteiger partial charge in [0.05, 0.1) is 6.10 Å². The Bertz CT molecular complexity index is 547. The molecule has 25 heavy (non-hydrogen) atoms. The van der Waals surface area contributed by atoms with Gasteiger partial charge in [-0.15, -0.1) is 0 Å². The van der Waals surface area contributed by atoms with E-state index >= 15 is 0 Å². The number of esters is 1. The minimum Gasteiger partial charge on any atom is -0.461 e. The second-order valence-corrected chi connectivity index (χ2v) is 8.12. The zero-order chi connectivity index (χ0) is 19.4. The molecule has 0 rings (SSSR count). The van der Waals surface area contributed by atoms with Crippen LogP contribution in [-0.4, -0.2) is 68.5 Å². The minimum atomic E-state index is -1.39. The van der Waals surface area contributed by atoms with E-state index < -0.39 is 39.8 Å². The van der Waals surface area contributed by atoms with E-state index in [1.807, 2.05) is 6.26 Å². The number of nitrogens with zero attached hydrogens (tertiary/aromatic N) is 2. The lowest BCUT2D eigenvalue weighted by Crippen LogP contribution is -2.48. The van der Waals surface area contributed by atoms with Gasteiger partial charge in [0.15, 0.2) is 0 Å². The second-order valence-electron chi connectivity index (χ2n) is 5.57. The molecule has 0 saturated carbocycles. The first-order valence-electron chi connectivity index (χ1n) is 7.75. The summed E-state index contributed by atoms with van der Waals surface area (Å²) in [6, 6.07) is -1.04. The van der Waals surface area contributed by atoms with Crippen LogP contribution in [-0.2, 0) is 29.9 Å². The molecule has 0 aliphatic carbocycles. The highest BCUT2D eigenvalue weighted by Crippen LogP contribution is 2.09. The van der Waals surface area contributed by atoms with Gasteiger partial charge in [0.25, 0.3) is 0 Å². The lowest BCUT2D eigenvalue weighted by Gasteiger charge is -2.21. The van der Waals surface area contributed by atoms with Gasteiger partial charge in [0.2, 0.25) is 11.7 Å². The minimum absolute atomic E-state index is 0.00621. The van der Waals surface area contributed by atoms with Crippen LogP contribution >= 0.6 is 11.8 Å². The highest BCUT2D eigenvalue weighted by Gasteiger charge is 2.29. The molecule has 1 unspecified atom stereocenters. The van der Waals surface area contributed by atoms with Gasteiger partial charge in [0.1, 0.15) is 11.3 Å². The fraction of sp³-hybridized carbons (Fsp3) is 0.733. The van der Waals surface area contributed by atoms with Crippen LogP contribution in [0.4, 0.5) is 0 Å². The quantitative estimate of drug-likeness (QED) is 0.224. The van der Waals surface area contributed by atoms with E-state index in [0.717, 1.165) is 6.21 Å². The number of hydrogen-bond donors (Lipinski definition) is 1. The first kappa shape index (κ1) is 23.5. The highest BCUT2D eigenvalue weighted by atomic mass is 32.2. The molecule has 0 bridgehead atoms. The standard InChI is InChI=1S/C15H25N3O5S2/c1-10(2)23-15(21)12(6-5-11(19)9-17-16)18-14(20)13(25(4)22)7-8-24-3/h9-10,12-13H,5-8H2,1-4H3,(H,18,20)/t12-,13-,25?/m0/s1. The van der Waals surface area contributed by atoms with E-state index in [0.29, 0.717) is 12.2 Å². The topological polar surface area (TPSA) is 126 Å². The Labute approximate surface area is 154 Å². The summed E-state index contributed by atoms with van der Waals surface area (Å²) < 4.78 is 16.9. The smallest absolute Gasteiger partial charge is 0.328 e. The van der Waals surface area contributed by atoms with Gasteiger partial charge in [0, 0.05) is 23.5 Å². The van der Waals surface area contributed by atoms with Crippen molar-refractivity contribution in [3.8, 4) is 0 Å². The van der Waals surface area contributed by atoms with E-state index in [2.05, 4.69) is 10.1 Å². The Balaban J connectivity index is 5.07. The number of ether oxygens (including phenoxy) is 1. The number of amides is 1. The largest absolute Gasteiger partial charge is 0.461 e. The van der Waals surface area contributed by atoms with E-state index in [1.54, 1.807) is 13.8 Å². The summed E-state index contributed by atoms with van der Waals surface area (Å²) in [5, 5.41) is 1.80. The van der Waals surface area contributed by atoms with Gasteiger partial charge in [-0.1, -0.05) is 0 Å². The molecule has 1 N–H and O–H groups in total. The van der Waals surface area contributed by atoms with Crippen LogP contribution < -0.4 is 5.32 Å². The van der Waals surface area contributed by atoms with Crippen molar-refractivity contribution in [1.29, 1.82) is 0 Å². The van der Waals surface area contributed by atoms with Crippen molar-refractivity contribution in [1.82, 2.24) is 5.32 Å². The predicted molar refractivity (Wildman–Crippen MR) is 97.9 cm³/mol. The molecule has 1 amide bonds. The molecule has 10 heteroatoms. The number of hydrogen-bond acceptors (Lipinski definition) is 6. The van der Waals surface area contributed by atoms with Crippen LogP contribution in [0.5, 0.6) is 0 Å². The first-order chi connectivity index (χ1) is 11.7. The van der Waals surface area contributed by atoms with E-state index in [1.165, 1.54) is 18.0 Å². The summed E-state index contributed by atoms with van der Waals surface area (Å²) in [6.07, 6.45) is 3.97. The van der Waals surface area contributed by atoms with Crippen molar-refractivity contribution in [3.63, 3.8) is 0 Å². The van der Waals surface area contributed by atoms with Gasteiger partial charge in [-0.2, -0.15) is 16.6 Å². The maximum Gasteiger partial charge on any atom is 0.328 e. The van der Waals surface area contributed by atoms with Crippen LogP contribution in [0.25, 0.3) is 5.53 Å². The molecule has 0 aliphatic rings. The highest BCUT2D eigenvalue weighted by molar-refractivity contribution is 7.98. The van der Waals surface area contributed by atoms with E-state index in [9.17, 15) is 18.6 Å². The molecular formula is C15H25N3O5S2. The molecule has 8 nitrogen and oxygen atoms in total. The Kier molecular flexibility index (Phi) is 12.0. The summed E-state index contributed by atoms with van der Waals surface area (Å²) in [6.45, 7) is 3.34. The number of carbonyl (C=O) groups is 3. The number of rotatable bonds is 12. The number of carbonyl (C=O) groups excluding carboxylic acids is 3. The summed E-state index contributed by atoms with van der Waals surface area (Å²) in [7, 11) is -1.39. The Hall–Kier alpha value is -1.51. The Morgan fingerprint density at radius 2 is 1.96 bits per heavy atom. The molecule has 0 aromatic heterocycles. The van der Waals surface area contributed by atoms with E-state index in [-0.39, 0.29) is 18.9 Å². The van der Waals surface area contributed by atoms with Gasteiger partial charge in [-0.25, -0.2) is 4.79 Å². The maximum absolute atomic E-state index is 12.4. The van der Waals surface area contributed by atoms with Crippen LogP contribution in [0.2, 0.25) is 0 Å². The number of Topliss-reactive ketones (excluding diaryl/α,β-unsaturated/α-hetero) is 1. The normalized spacial score (nSPS) is 14.1. The van der Waals surface area contributed by atoms with Crippen molar-refractivity contribution >= 4 is 46.4 Å². The molecule has 142 valence electrons. The molecule has 0 aliphatic heterocycles. The summed E-state index contributed by atoms with van der Waals surface area (Å²) >= 11 is 1.53. The summed E-state index contributed by atoms with van der Waals surface area (Å²) in [5.41, 5.74) is 8.34. The van der Waals surface area contributed by atoms with Crippen molar-refractivity contribution in [2.24, 2.45) is 0 Å². The average Bonchev–Trinajstić information content (AvgIpc) is 2.50. The lowest BCUT2D eigenvalue weighted by atomic mass is 10.1. The number of thioether (sulfide) groups is 1. The molecule has 0 radical (unpaired) electrons. The zero-order valence-electron chi connectivity index (χ0n) is 14.9. The molecule has 0 saturated heterocycles. The molecule has 0 aromatic rings. The summed E-state index contributed by atoms with van der Waals surface area (Å²) in [5.74, 6) is -1.01. The van der Waals surface area contributed by atoms with Gasteiger partial charge >= 0.3 is 12.2 Å². The predicted octanol–water partition coefficient (Wildman–Crippen LogP) is 0.573. The van der Waals surface area contributed by atoms with Crippen molar-refractivity contribution in [3.05, 3.63) is 5.53 Å². The third kappa shape index (κ3) is 10.2.